The van der Waals surface area contributed by atoms with Gasteiger partial charge in [-0.2, -0.15) is 0 Å². The summed E-state index contributed by atoms with van der Waals surface area (Å²) in [5.41, 5.74) is 1.18. The number of halogens is 2. The van der Waals surface area contributed by atoms with Crippen molar-refractivity contribution in [2.24, 2.45) is 0 Å². The van der Waals surface area contributed by atoms with Crippen molar-refractivity contribution >= 4 is 45.6 Å². The second-order valence-corrected chi connectivity index (χ2v) is 6.21. The number of nitrogens with one attached hydrogen (secondary N) is 1. The summed E-state index contributed by atoms with van der Waals surface area (Å²) in [5, 5.41) is 4.27. The van der Waals surface area contributed by atoms with E-state index in [1.54, 1.807) is 19.2 Å². The first-order valence-corrected chi connectivity index (χ1v) is 8.85. The Morgan fingerprint density at radius 3 is 2.89 bits per heavy atom. The predicted molar refractivity (Wildman–Crippen MR) is 101 cm³/mol. The van der Waals surface area contributed by atoms with Crippen molar-refractivity contribution in [2.45, 2.75) is 0 Å². The lowest BCUT2D eigenvalue weighted by Gasteiger charge is -2.14. The van der Waals surface area contributed by atoms with Gasteiger partial charge >= 0.3 is 0 Å². The Kier molecular flexibility index (Phi) is 4.91. The highest BCUT2D eigenvalue weighted by molar-refractivity contribution is 6.33. The molecule has 1 aliphatic rings. The molecular formula is C17H14Cl2N4O4. The number of anilines is 2. The number of nitrogens with zero attached hydrogens (tertiary/aromatic N) is 3. The van der Waals surface area contributed by atoms with Gasteiger partial charge in [0, 0.05) is 11.5 Å². The van der Waals surface area contributed by atoms with E-state index >= 15 is 0 Å². The SMILES string of the molecule is COc1cc2c(Nc3c(Cl)cnc4c3OCO4)ncnc2cc1OCCCl. The van der Waals surface area contributed by atoms with Gasteiger partial charge in [0.1, 0.15) is 24.4 Å². The van der Waals surface area contributed by atoms with Gasteiger partial charge in [-0.1, -0.05) is 11.6 Å². The highest BCUT2D eigenvalue weighted by atomic mass is 35.5. The van der Waals surface area contributed by atoms with E-state index in [4.69, 9.17) is 42.1 Å². The van der Waals surface area contributed by atoms with Crippen molar-refractivity contribution in [1.29, 1.82) is 0 Å². The van der Waals surface area contributed by atoms with E-state index in [2.05, 4.69) is 20.3 Å². The van der Waals surface area contributed by atoms with Crippen molar-refractivity contribution in [3.05, 3.63) is 29.7 Å². The monoisotopic (exact) mass is 408 g/mol. The molecule has 3 heterocycles. The number of hydrogen-bond donors (Lipinski definition) is 1. The maximum absolute atomic E-state index is 6.29. The van der Waals surface area contributed by atoms with Crippen LogP contribution in [0.1, 0.15) is 0 Å². The van der Waals surface area contributed by atoms with Crippen LogP contribution in [0.5, 0.6) is 23.1 Å². The molecular weight excluding hydrogens is 395 g/mol. The van der Waals surface area contributed by atoms with Gasteiger partial charge in [0.05, 0.1) is 29.7 Å². The molecule has 140 valence electrons. The van der Waals surface area contributed by atoms with Crippen LogP contribution < -0.4 is 24.3 Å². The second kappa shape index (κ2) is 7.50. The Morgan fingerprint density at radius 1 is 1.19 bits per heavy atom. The molecule has 4 rings (SSSR count). The lowest BCUT2D eigenvalue weighted by molar-refractivity contribution is 0.171. The molecule has 0 aliphatic carbocycles. The average molecular weight is 409 g/mol. The lowest BCUT2D eigenvalue weighted by Crippen LogP contribution is -2.02. The van der Waals surface area contributed by atoms with Crippen molar-refractivity contribution in [1.82, 2.24) is 15.0 Å². The summed E-state index contributed by atoms with van der Waals surface area (Å²) in [5.74, 6) is 2.78. The van der Waals surface area contributed by atoms with Gasteiger partial charge in [0.2, 0.25) is 12.5 Å². The molecule has 0 bridgehead atoms. The molecule has 0 unspecified atom stereocenters. The van der Waals surface area contributed by atoms with Crippen LogP contribution in [-0.2, 0) is 0 Å². The highest BCUT2D eigenvalue weighted by Crippen LogP contribution is 2.44. The lowest BCUT2D eigenvalue weighted by atomic mass is 10.2. The number of ether oxygens (including phenoxy) is 4. The van der Waals surface area contributed by atoms with E-state index < -0.39 is 0 Å². The third kappa shape index (κ3) is 3.33. The Labute approximate surface area is 164 Å². The molecule has 0 spiro atoms. The smallest absolute Gasteiger partial charge is 0.262 e. The molecule has 27 heavy (non-hydrogen) atoms. The minimum Gasteiger partial charge on any atom is -0.493 e. The molecule has 8 nitrogen and oxygen atoms in total. The zero-order valence-electron chi connectivity index (χ0n) is 14.2. The van der Waals surface area contributed by atoms with Gasteiger partial charge in [-0.3, -0.25) is 0 Å². The molecule has 0 fully saturated rings. The number of rotatable bonds is 6. The summed E-state index contributed by atoms with van der Waals surface area (Å²) in [6, 6.07) is 3.56. The molecule has 0 saturated heterocycles. The summed E-state index contributed by atoms with van der Waals surface area (Å²) in [7, 11) is 1.56. The number of benzene rings is 1. The molecule has 0 amide bonds. The zero-order valence-corrected chi connectivity index (χ0v) is 15.7. The minimum atomic E-state index is 0.0803. The number of alkyl halides is 1. The molecule has 2 aromatic heterocycles. The molecule has 1 aromatic carbocycles. The van der Waals surface area contributed by atoms with Crippen LogP contribution in [0.15, 0.2) is 24.7 Å². The summed E-state index contributed by atoms with van der Waals surface area (Å²) in [6.45, 7) is 0.437. The van der Waals surface area contributed by atoms with Gasteiger partial charge < -0.3 is 24.3 Å². The standard InChI is InChI=1S/C17H14Cl2N4O4/c1-24-12-4-9-11(5-13(12)25-3-2-18)21-7-22-16(9)23-14-10(19)6-20-17-15(14)26-8-27-17/h4-7H,2-3,8H2,1H3,(H,20,21,22,23). The van der Waals surface area contributed by atoms with Gasteiger partial charge in [0.25, 0.3) is 5.88 Å². The number of hydrogen-bond acceptors (Lipinski definition) is 8. The molecule has 3 aromatic rings. The molecule has 10 heteroatoms. The molecule has 0 radical (unpaired) electrons. The fourth-order valence-electron chi connectivity index (χ4n) is 2.65. The minimum absolute atomic E-state index is 0.0803. The molecule has 1 N–H and O–H groups in total. The van der Waals surface area contributed by atoms with E-state index in [-0.39, 0.29) is 6.79 Å². The summed E-state index contributed by atoms with van der Waals surface area (Å²) < 4.78 is 21.8. The van der Waals surface area contributed by atoms with Crippen LogP contribution >= 0.6 is 23.2 Å². The number of fused-ring (bicyclic) bond motifs is 2. The number of methoxy groups -OCH3 is 1. The highest BCUT2D eigenvalue weighted by Gasteiger charge is 2.23. The first kappa shape index (κ1) is 17.7. The maximum atomic E-state index is 6.29. The van der Waals surface area contributed by atoms with E-state index in [0.29, 0.717) is 63.0 Å². The maximum Gasteiger partial charge on any atom is 0.262 e. The fraction of sp³-hybridized carbons (Fsp3) is 0.235. The van der Waals surface area contributed by atoms with E-state index in [0.717, 1.165) is 0 Å². The Bertz CT molecular complexity index is 1000. The largest absolute Gasteiger partial charge is 0.493 e. The second-order valence-electron chi connectivity index (χ2n) is 5.43. The van der Waals surface area contributed by atoms with Crippen LogP contribution in [0.2, 0.25) is 5.02 Å². The fourth-order valence-corrected chi connectivity index (χ4v) is 2.91. The van der Waals surface area contributed by atoms with Gasteiger partial charge in [-0.05, 0) is 6.07 Å². The Morgan fingerprint density at radius 2 is 2.07 bits per heavy atom. The summed E-state index contributed by atoms with van der Waals surface area (Å²) in [4.78, 5) is 12.7. The van der Waals surface area contributed by atoms with Crippen LogP contribution in [0.4, 0.5) is 11.5 Å². The van der Waals surface area contributed by atoms with Crippen LogP contribution in [0.25, 0.3) is 10.9 Å². The number of aromatic nitrogens is 3. The average Bonchev–Trinajstić information content (AvgIpc) is 3.17. The first-order valence-electron chi connectivity index (χ1n) is 7.94. The number of pyridine rings is 1. The Hall–Kier alpha value is -2.71. The van der Waals surface area contributed by atoms with E-state index in [9.17, 15) is 0 Å². The van der Waals surface area contributed by atoms with E-state index in [1.165, 1.54) is 12.5 Å². The van der Waals surface area contributed by atoms with Crippen molar-refractivity contribution in [3.63, 3.8) is 0 Å². The predicted octanol–water partition coefficient (Wildman–Crippen LogP) is 3.78. The summed E-state index contributed by atoms with van der Waals surface area (Å²) >= 11 is 12.0. The van der Waals surface area contributed by atoms with Crippen molar-refractivity contribution < 1.29 is 18.9 Å². The van der Waals surface area contributed by atoms with E-state index in [1.807, 2.05) is 0 Å². The molecule has 0 atom stereocenters. The third-order valence-electron chi connectivity index (χ3n) is 3.85. The summed E-state index contributed by atoms with van der Waals surface area (Å²) in [6.07, 6.45) is 2.93. The third-order valence-corrected chi connectivity index (χ3v) is 4.29. The van der Waals surface area contributed by atoms with Crippen LogP contribution in [0, 0.1) is 0 Å². The van der Waals surface area contributed by atoms with Crippen LogP contribution in [-0.4, -0.2) is 41.3 Å². The van der Waals surface area contributed by atoms with Gasteiger partial charge in [-0.25, -0.2) is 15.0 Å². The Balaban J connectivity index is 1.78. The first-order chi connectivity index (χ1) is 13.2. The van der Waals surface area contributed by atoms with Gasteiger partial charge in [-0.15, -0.1) is 11.6 Å². The zero-order chi connectivity index (χ0) is 18.8. The topological polar surface area (TPSA) is 87.6 Å². The van der Waals surface area contributed by atoms with Crippen molar-refractivity contribution in [3.8, 4) is 23.1 Å². The quantitative estimate of drug-likeness (QED) is 0.616. The normalized spacial score (nSPS) is 12.3. The van der Waals surface area contributed by atoms with Crippen molar-refractivity contribution in [2.75, 3.05) is 31.7 Å². The van der Waals surface area contributed by atoms with Crippen LogP contribution in [0.3, 0.4) is 0 Å². The molecule has 1 aliphatic heterocycles. The molecule has 0 saturated carbocycles. The van der Waals surface area contributed by atoms with Gasteiger partial charge in [0.15, 0.2) is 11.5 Å².